The molecule has 176 valence electrons. The molecule has 0 bridgehead atoms. The van der Waals surface area contributed by atoms with E-state index in [1.807, 2.05) is 16.7 Å². The molecule has 2 aliphatic heterocycles. The Balaban J connectivity index is 1.43. The highest BCUT2D eigenvalue weighted by molar-refractivity contribution is 5.80. The predicted molar refractivity (Wildman–Crippen MR) is 123 cm³/mol. The summed E-state index contributed by atoms with van der Waals surface area (Å²) in [7, 11) is 0. The van der Waals surface area contributed by atoms with Crippen LogP contribution in [0, 0.1) is 22.0 Å². The summed E-state index contributed by atoms with van der Waals surface area (Å²) in [5, 5.41) is 14.4. The number of carbonyl (C=O) groups excluding carboxylic acids is 2. The van der Waals surface area contributed by atoms with Gasteiger partial charge in [-0.05, 0) is 44.8 Å². The number of nitrogens with one attached hydrogen (secondary N) is 1. The van der Waals surface area contributed by atoms with E-state index in [4.69, 9.17) is 0 Å². The average Bonchev–Trinajstić information content (AvgIpc) is 2.79. The minimum Gasteiger partial charge on any atom is -0.362 e. The Labute approximate surface area is 189 Å². The molecule has 2 amide bonds. The number of para-hydroxylation sites is 2. The molecule has 0 aromatic heterocycles. The van der Waals surface area contributed by atoms with Gasteiger partial charge in [-0.1, -0.05) is 26.0 Å². The Kier molecular flexibility index (Phi) is 8.06. The van der Waals surface area contributed by atoms with Gasteiger partial charge in [-0.25, -0.2) is 0 Å². The van der Waals surface area contributed by atoms with Crippen molar-refractivity contribution < 1.29 is 14.5 Å². The maximum atomic E-state index is 12.8. The van der Waals surface area contributed by atoms with Gasteiger partial charge in [0.15, 0.2) is 0 Å². The lowest BCUT2D eigenvalue weighted by Crippen LogP contribution is -2.52. The molecule has 1 N–H and O–H groups in total. The molecule has 0 aliphatic carbocycles. The first-order chi connectivity index (χ1) is 15.3. The van der Waals surface area contributed by atoms with E-state index in [0.29, 0.717) is 44.3 Å². The zero-order valence-corrected chi connectivity index (χ0v) is 19.3. The number of amides is 2. The van der Waals surface area contributed by atoms with Crippen LogP contribution in [0.2, 0.25) is 0 Å². The molecule has 2 heterocycles. The normalized spacial score (nSPS) is 19.1. The van der Waals surface area contributed by atoms with Crippen LogP contribution in [0.4, 0.5) is 11.4 Å². The van der Waals surface area contributed by atoms with Crippen LogP contribution < -0.4 is 10.2 Å². The van der Waals surface area contributed by atoms with Crippen molar-refractivity contribution >= 4 is 23.2 Å². The molecule has 3 rings (SSSR count). The molecule has 1 unspecified atom stereocenters. The summed E-state index contributed by atoms with van der Waals surface area (Å²) in [6, 6.07) is 6.91. The number of nitrogens with zero attached hydrogens (tertiary/aromatic N) is 4. The smallest absolute Gasteiger partial charge is 0.292 e. The average molecular weight is 446 g/mol. The van der Waals surface area contributed by atoms with Crippen molar-refractivity contribution in [3.05, 3.63) is 34.4 Å². The second kappa shape index (κ2) is 10.8. The second-order valence-electron chi connectivity index (χ2n) is 9.21. The van der Waals surface area contributed by atoms with Gasteiger partial charge in [0, 0.05) is 44.2 Å². The molecule has 0 spiro atoms. The van der Waals surface area contributed by atoms with Crippen LogP contribution in [0.5, 0.6) is 0 Å². The van der Waals surface area contributed by atoms with Crippen LogP contribution >= 0.6 is 0 Å². The quantitative estimate of drug-likeness (QED) is 0.510. The summed E-state index contributed by atoms with van der Waals surface area (Å²) in [5.74, 6) is 0.643. The standard InChI is InChI=1S/C23H35N5O4/c1-17(2)18(3)24-23(30)19-8-10-25(11-9-19)16-22(29)27-14-12-26(13-15-27)20-6-4-5-7-21(20)28(31)32/h4-7,17-19H,8-16H2,1-3H3,(H,24,30). The van der Waals surface area contributed by atoms with Gasteiger partial charge in [-0.15, -0.1) is 0 Å². The topological polar surface area (TPSA) is 99.0 Å². The van der Waals surface area contributed by atoms with Crippen molar-refractivity contribution in [3.8, 4) is 0 Å². The summed E-state index contributed by atoms with van der Waals surface area (Å²) < 4.78 is 0. The van der Waals surface area contributed by atoms with Crippen molar-refractivity contribution in [2.45, 2.75) is 39.7 Å². The Hall–Kier alpha value is -2.68. The summed E-state index contributed by atoms with van der Waals surface area (Å²) in [4.78, 5) is 42.1. The number of carbonyl (C=O) groups is 2. The summed E-state index contributed by atoms with van der Waals surface area (Å²) in [5.41, 5.74) is 0.707. The minimum atomic E-state index is -0.361. The molecule has 1 aromatic carbocycles. The largest absolute Gasteiger partial charge is 0.362 e. The lowest BCUT2D eigenvalue weighted by Gasteiger charge is -2.37. The number of nitro benzene ring substituents is 1. The number of rotatable bonds is 7. The van der Waals surface area contributed by atoms with E-state index in [1.54, 1.807) is 18.2 Å². The summed E-state index contributed by atoms with van der Waals surface area (Å²) in [6.45, 7) is 10.3. The molecule has 2 saturated heterocycles. The zero-order valence-electron chi connectivity index (χ0n) is 19.3. The van der Waals surface area contributed by atoms with Crippen LogP contribution in [-0.4, -0.2) is 78.4 Å². The van der Waals surface area contributed by atoms with Crippen molar-refractivity contribution in [3.63, 3.8) is 0 Å². The minimum absolute atomic E-state index is 0.0211. The molecule has 9 nitrogen and oxygen atoms in total. The fraction of sp³-hybridized carbons (Fsp3) is 0.652. The van der Waals surface area contributed by atoms with Gasteiger partial charge in [0.1, 0.15) is 5.69 Å². The van der Waals surface area contributed by atoms with Crippen molar-refractivity contribution in [1.29, 1.82) is 0 Å². The molecule has 1 atom stereocenters. The molecule has 2 fully saturated rings. The monoisotopic (exact) mass is 445 g/mol. The molecular formula is C23H35N5O4. The van der Waals surface area contributed by atoms with Gasteiger partial charge < -0.3 is 15.1 Å². The fourth-order valence-corrected chi connectivity index (χ4v) is 4.24. The van der Waals surface area contributed by atoms with Crippen LogP contribution in [-0.2, 0) is 9.59 Å². The first kappa shape index (κ1) is 24.0. The van der Waals surface area contributed by atoms with Crippen LogP contribution in [0.3, 0.4) is 0 Å². The molecule has 32 heavy (non-hydrogen) atoms. The van der Waals surface area contributed by atoms with Gasteiger partial charge in [0.25, 0.3) is 5.69 Å². The number of hydrogen-bond acceptors (Lipinski definition) is 6. The number of nitro groups is 1. The van der Waals surface area contributed by atoms with E-state index in [2.05, 4.69) is 24.1 Å². The highest BCUT2D eigenvalue weighted by atomic mass is 16.6. The van der Waals surface area contributed by atoms with Gasteiger partial charge in [-0.3, -0.25) is 24.6 Å². The number of hydrogen-bond donors (Lipinski definition) is 1. The summed E-state index contributed by atoms with van der Waals surface area (Å²) >= 11 is 0. The zero-order chi connectivity index (χ0) is 23.3. The Morgan fingerprint density at radius 3 is 2.28 bits per heavy atom. The van der Waals surface area contributed by atoms with Crippen LogP contribution in [0.15, 0.2) is 24.3 Å². The van der Waals surface area contributed by atoms with Crippen LogP contribution in [0.25, 0.3) is 0 Å². The molecule has 2 aliphatic rings. The number of anilines is 1. The molecule has 0 saturated carbocycles. The molecule has 1 aromatic rings. The molecular weight excluding hydrogens is 410 g/mol. The van der Waals surface area contributed by atoms with Gasteiger partial charge in [-0.2, -0.15) is 0 Å². The SMILES string of the molecule is CC(C)C(C)NC(=O)C1CCN(CC(=O)N2CCN(c3ccccc3[N+](=O)[O-])CC2)CC1. The number of piperazine rings is 1. The van der Waals surface area contributed by atoms with E-state index in [9.17, 15) is 19.7 Å². The number of benzene rings is 1. The highest BCUT2D eigenvalue weighted by Gasteiger charge is 2.29. The van der Waals surface area contributed by atoms with Crippen molar-refractivity contribution in [1.82, 2.24) is 15.1 Å². The highest BCUT2D eigenvalue weighted by Crippen LogP contribution is 2.28. The van der Waals surface area contributed by atoms with Crippen molar-refractivity contribution in [2.75, 3.05) is 50.7 Å². The molecule has 9 heteroatoms. The molecule has 0 radical (unpaired) electrons. The Morgan fingerprint density at radius 2 is 1.69 bits per heavy atom. The third-order valence-corrected chi connectivity index (χ3v) is 6.74. The second-order valence-corrected chi connectivity index (χ2v) is 9.21. The lowest BCUT2D eigenvalue weighted by atomic mass is 9.95. The summed E-state index contributed by atoms with van der Waals surface area (Å²) in [6.07, 6.45) is 1.55. The first-order valence-electron chi connectivity index (χ1n) is 11.5. The van der Waals surface area contributed by atoms with Crippen LogP contribution in [0.1, 0.15) is 33.6 Å². The van der Waals surface area contributed by atoms with E-state index in [0.717, 1.165) is 25.9 Å². The van der Waals surface area contributed by atoms with Gasteiger partial charge in [0.05, 0.1) is 11.5 Å². The number of likely N-dealkylation sites (tertiary alicyclic amines) is 1. The first-order valence-corrected chi connectivity index (χ1v) is 11.5. The third kappa shape index (κ3) is 5.97. The fourth-order valence-electron chi connectivity index (χ4n) is 4.24. The number of piperidine rings is 1. The van der Waals surface area contributed by atoms with E-state index in [-0.39, 0.29) is 34.4 Å². The Bertz CT molecular complexity index is 814. The maximum absolute atomic E-state index is 12.8. The van der Waals surface area contributed by atoms with E-state index >= 15 is 0 Å². The van der Waals surface area contributed by atoms with Gasteiger partial charge >= 0.3 is 0 Å². The Morgan fingerprint density at radius 1 is 1.06 bits per heavy atom. The third-order valence-electron chi connectivity index (χ3n) is 6.74. The lowest BCUT2D eigenvalue weighted by molar-refractivity contribution is -0.384. The predicted octanol–water partition coefficient (Wildman–Crippen LogP) is 2.12. The van der Waals surface area contributed by atoms with E-state index in [1.165, 1.54) is 6.07 Å². The van der Waals surface area contributed by atoms with E-state index < -0.39 is 0 Å². The maximum Gasteiger partial charge on any atom is 0.292 e. The van der Waals surface area contributed by atoms with Crippen molar-refractivity contribution in [2.24, 2.45) is 11.8 Å². The van der Waals surface area contributed by atoms with Gasteiger partial charge in [0.2, 0.25) is 11.8 Å².